The van der Waals surface area contributed by atoms with Crippen molar-refractivity contribution in [2.75, 3.05) is 23.3 Å². The molecule has 1 aromatic carbocycles. The number of piperidine rings is 1. The number of nitrogens with zero attached hydrogens (tertiary/aromatic N) is 4. The second kappa shape index (κ2) is 7.75. The van der Waals surface area contributed by atoms with Crippen LogP contribution in [-0.2, 0) is 4.79 Å². The third kappa shape index (κ3) is 4.08. The van der Waals surface area contributed by atoms with Gasteiger partial charge in [-0.05, 0) is 37.5 Å². The number of carboxylic acid groups (broad SMARTS) is 1. The Morgan fingerprint density at radius 2 is 2.07 bits per heavy atom. The number of aliphatic carboxylic acids is 1. The fourth-order valence-corrected chi connectivity index (χ4v) is 3.19. The summed E-state index contributed by atoms with van der Waals surface area (Å²) >= 11 is 6.11. The highest BCUT2D eigenvalue weighted by Gasteiger charge is 2.31. The summed E-state index contributed by atoms with van der Waals surface area (Å²) in [5.41, 5.74) is 1.22. The quantitative estimate of drug-likeness (QED) is 0.587. The van der Waals surface area contributed by atoms with Gasteiger partial charge in [0.1, 0.15) is 6.33 Å². The molecule has 0 atom stereocenters. The predicted octanol–water partition coefficient (Wildman–Crippen LogP) is 3.39. The van der Waals surface area contributed by atoms with E-state index in [0.717, 1.165) is 5.56 Å². The van der Waals surface area contributed by atoms with Gasteiger partial charge in [-0.3, -0.25) is 14.9 Å². The molecule has 1 aliphatic rings. The largest absolute Gasteiger partial charge is 0.481 e. The van der Waals surface area contributed by atoms with Gasteiger partial charge in [-0.25, -0.2) is 9.97 Å². The first kappa shape index (κ1) is 18.8. The number of hydrogen-bond donors (Lipinski definition) is 2. The number of anilines is 3. The Balaban J connectivity index is 1.90. The van der Waals surface area contributed by atoms with Crippen LogP contribution >= 0.6 is 11.6 Å². The molecule has 0 amide bonds. The Kier molecular flexibility index (Phi) is 5.41. The number of aromatic nitrogens is 2. The lowest BCUT2D eigenvalue weighted by Crippen LogP contribution is -2.37. The predicted molar refractivity (Wildman–Crippen MR) is 101 cm³/mol. The van der Waals surface area contributed by atoms with Gasteiger partial charge in [0.25, 0.3) is 0 Å². The van der Waals surface area contributed by atoms with Gasteiger partial charge < -0.3 is 15.3 Å². The number of nitrogens with one attached hydrogen (secondary N) is 1. The minimum atomic E-state index is -0.842. The number of nitro groups is 1. The maximum Gasteiger partial charge on any atom is 0.353 e. The van der Waals surface area contributed by atoms with E-state index in [1.807, 2.05) is 6.92 Å². The monoisotopic (exact) mass is 391 g/mol. The molecule has 0 radical (unpaired) electrons. The summed E-state index contributed by atoms with van der Waals surface area (Å²) < 4.78 is 0. The summed E-state index contributed by atoms with van der Waals surface area (Å²) in [7, 11) is 0. The van der Waals surface area contributed by atoms with Crippen LogP contribution in [0.2, 0.25) is 5.02 Å². The molecule has 2 heterocycles. The Hall–Kier alpha value is -2.94. The molecule has 0 spiro atoms. The summed E-state index contributed by atoms with van der Waals surface area (Å²) in [6.07, 6.45) is 2.07. The molecule has 1 fully saturated rings. The molecule has 9 nitrogen and oxygen atoms in total. The van der Waals surface area contributed by atoms with Crippen molar-refractivity contribution in [3.63, 3.8) is 0 Å². The van der Waals surface area contributed by atoms with Crippen LogP contribution in [-0.4, -0.2) is 39.1 Å². The molecule has 10 heteroatoms. The van der Waals surface area contributed by atoms with Gasteiger partial charge in [0, 0.05) is 23.8 Å². The van der Waals surface area contributed by atoms with Gasteiger partial charge in [-0.1, -0.05) is 17.7 Å². The van der Waals surface area contributed by atoms with Crippen molar-refractivity contribution in [1.29, 1.82) is 0 Å². The fourth-order valence-electron chi connectivity index (χ4n) is 3.01. The first-order valence-corrected chi connectivity index (χ1v) is 8.75. The zero-order valence-electron chi connectivity index (χ0n) is 14.6. The molecule has 0 aliphatic carbocycles. The average molecular weight is 392 g/mol. The number of carboxylic acids is 1. The van der Waals surface area contributed by atoms with Crippen LogP contribution in [0.1, 0.15) is 18.4 Å². The van der Waals surface area contributed by atoms with E-state index in [-0.39, 0.29) is 17.3 Å². The van der Waals surface area contributed by atoms with E-state index in [2.05, 4.69) is 15.3 Å². The lowest BCUT2D eigenvalue weighted by Gasteiger charge is -2.30. The van der Waals surface area contributed by atoms with E-state index in [1.54, 1.807) is 23.1 Å². The number of halogens is 1. The Morgan fingerprint density at radius 3 is 2.67 bits per heavy atom. The highest BCUT2D eigenvalue weighted by Crippen LogP contribution is 2.35. The van der Waals surface area contributed by atoms with Gasteiger partial charge in [0.05, 0.1) is 10.8 Å². The van der Waals surface area contributed by atoms with E-state index in [1.165, 1.54) is 6.33 Å². The van der Waals surface area contributed by atoms with Crippen LogP contribution in [0, 0.1) is 23.0 Å². The molecule has 1 aliphatic heterocycles. The van der Waals surface area contributed by atoms with Gasteiger partial charge >= 0.3 is 11.7 Å². The first-order chi connectivity index (χ1) is 12.9. The summed E-state index contributed by atoms with van der Waals surface area (Å²) in [6, 6.07) is 5.22. The standard InChI is InChI=1S/C17H18ClN5O4/c1-10-2-3-12(8-13(10)18)21-15-14(23(26)27)16(20-9-19-15)22-6-4-11(5-7-22)17(24)25/h2-3,8-9,11H,4-7H2,1H3,(H,24,25)(H,19,20,21). The zero-order valence-corrected chi connectivity index (χ0v) is 15.3. The Bertz CT molecular complexity index is 884. The van der Waals surface area contributed by atoms with Crippen molar-refractivity contribution < 1.29 is 14.8 Å². The van der Waals surface area contributed by atoms with Crippen LogP contribution in [0.25, 0.3) is 0 Å². The molecule has 1 aromatic heterocycles. The highest BCUT2D eigenvalue weighted by atomic mass is 35.5. The minimum Gasteiger partial charge on any atom is -0.481 e. The van der Waals surface area contributed by atoms with E-state index in [0.29, 0.717) is 36.6 Å². The van der Waals surface area contributed by atoms with Gasteiger partial charge in [-0.15, -0.1) is 0 Å². The van der Waals surface area contributed by atoms with Crippen molar-refractivity contribution in [2.45, 2.75) is 19.8 Å². The lowest BCUT2D eigenvalue weighted by atomic mass is 9.97. The topological polar surface area (TPSA) is 121 Å². The Labute approximate surface area is 160 Å². The number of rotatable bonds is 5. The van der Waals surface area contributed by atoms with Crippen LogP contribution in [0.3, 0.4) is 0 Å². The summed E-state index contributed by atoms with van der Waals surface area (Å²) in [6.45, 7) is 2.62. The maximum atomic E-state index is 11.7. The number of hydrogen-bond acceptors (Lipinski definition) is 7. The third-order valence-electron chi connectivity index (χ3n) is 4.56. The van der Waals surface area contributed by atoms with E-state index >= 15 is 0 Å². The summed E-state index contributed by atoms with van der Waals surface area (Å²) in [4.78, 5) is 32.1. The Morgan fingerprint density at radius 1 is 1.37 bits per heavy atom. The lowest BCUT2D eigenvalue weighted by molar-refractivity contribution is -0.383. The average Bonchev–Trinajstić information content (AvgIpc) is 2.64. The number of aryl methyl sites for hydroxylation is 1. The SMILES string of the molecule is Cc1ccc(Nc2ncnc(N3CCC(C(=O)O)CC3)c2[N+](=O)[O-])cc1Cl. The summed E-state index contributed by atoms with van der Waals surface area (Å²) in [5, 5.41) is 24.3. The van der Waals surface area contributed by atoms with Crippen LogP contribution < -0.4 is 10.2 Å². The normalized spacial score (nSPS) is 14.8. The minimum absolute atomic E-state index is 0.0604. The maximum absolute atomic E-state index is 11.7. The van der Waals surface area contributed by atoms with E-state index in [9.17, 15) is 14.9 Å². The molecule has 3 rings (SSSR count). The van der Waals surface area contributed by atoms with Crippen molar-refractivity contribution in [2.24, 2.45) is 5.92 Å². The second-order valence-electron chi connectivity index (χ2n) is 6.34. The molecule has 2 aromatic rings. The zero-order chi connectivity index (χ0) is 19.6. The van der Waals surface area contributed by atoms with Crippen molar-refractivity contribution in [3.05, 3.63) is 45.2 Å². The summed E-state index contributed by atoms with van der Waals surface area (Å²) in [5.74, 6) is -1.04. The van der Waals surface area contributed by atoms with Gasteiger partial charge in [-0.2, -0.15) is 0 Å². The number of carbonyl (C=O) groups is 1. The van der Waals surface area contributed by atoms with E-state index in [4.69, 9.17) is 16.7 Å². The third-order valence-corrected chi connectivity index (χ3v) is 4.97. The van der Waals surface area contributed by atoms with Crippen LogP contribution in [0.4, 0.5) is 23.0 Å². The molecular weight excluding hydrogens is 374 g/mol. The van der Waals surface area contributed by atoms with Gasteiger partial charge in [0.15, 0.2) is 0 Å². The van der Waals surface area contributed by atoms with Crippen LogP contribution in [0.5, 0.6) is 0 Å². The number of benzene rings is 1. The van der Waals surface area contributed by atoms with Crippen molar-refractivity contribution in [1.82, 2.24) is 9.97 Å². The molecule has 27 heavy (non-hydrogen) atoms. The first-order valence-electron chi connectivity index (χ1n) is 8.37. The van der Waals surface area contributed by atoms with Crippen molar-refractivity contribution in [3.8, 4) is 0 Å². The smallest absolute Gasteiger partial charge is 0.353 e. The van der Waals surface area contributed by atoms with Crippen LogP contribution in [0.15, 0.2) is 24.5 Å². The van der Waals surface area contributed by atoms with Crippen molar-refractivity contribution >= 4 is 40.6 Å². The van der Waals surface area contributed by atoms with E-state index < -0.39 is 16.8 Å². The fraction of sp³-hybridized carbons (Fsp3) is 0.353. The molecule has 142 valence electrons. The highest BCUT2D eigenvalue weighted by molar-refractivity contribution is 6.31. The van der Waals surface area contributed by atoms with Gasteiger partial charge in [0.2, 0.25) is 11.6 Å². The molecular formula is C17H18ClN5O4. The molecule has 0 unspecified atom stereocenters. The molecule has 2 N–H and O–H groups in total. The molecule has 0 bridgehead atoms. The second-order valence-corrected chi connectivity index (χ2v) is 6.75. The molecule has 0 saturated carbocycles. The molecule has 1 saturated heterocycles.